The van der Waals surface area contributed by atoms with Gasteiger partial charge in [0.25, 0.3) is 0 Å². The number of aryl methyl sites for hydroxylation is 1. The lowest BCUT2D eigenvalue weighted by Gasteiger charge is -2.26. The van der Waals surface area contributed by atoms with Gasteiger partial charge in [-0.05, 0) is 73.2 Å². The van der Waals surface area contributed by atoms with E-state index in [2.05, 4.69) is 76.9 Å². The average molecular weight is 496 g/mol. The third-order valence-corrected chi connectivity index (χ3v) is 5.79. The van der Waals surface area contributed by atoms with Gasteiger partial charge < -0.3 is 24.6 Å². The van der Waals surface area contributed by atoms with Crippen LogP contribution in [-0.4, -0.2) is 138 Å². The number of aromatic nitrogens is 2. The lowest BCUT2D eigenvalue weighted by Crippen LogP contribution is -2.29. The lowest BCUT2D eigenvalue weighted by atomic mass is 9.98. The Morgan fingerprint density at radius 1 is 0.886 bits per heavy atom. The van der Waals surface area contributed by atoms with Crippen molar-refractivity contribution in [3.63, 3.8) is 0 Å². The highest BCUT2D eigenvalue weighted by molar-refractivity contribution is 4.83. The van der Waals surface area contributed by atoms with Gasteiger partial charge in [-0.15, -0.1) is 6.58 Å². The summed E-state index contributed by atoms with van der Waals surface area (Å²) in [4.78, 5) is 15.2. The van der Waals surface area contributed by atoms with Gasteiger partial charge in [-0.1, -0.05) is 12.7 Å². The molecule has 9 heteroatoms. The molecule has 3 fully saturated rings. The molecule has 0 spiro atoms. The third-order valence-electron chi connectivity index (χ3n) is 5.79. The highest BCUT2D eigenvalue weighted by Crippen LogP contribution is 2.15. The zero-order valence-electron chi connectivity index (χ0n) is 23.3. The monoisotopic (exact) mass is 495 g/mol. The van der Waals surface area contributed by atoms with Crippen molar-refractivity contribution >= 4 is 0 Å². The average Bonchev–Trinajstić information content (AvgIpc) is 3.59. The molecule has 1 unspecified atom stereocenters. The smallest absolute Gasteiger partial charge is 0.0943 e. The van der Waals surface area contributed by atoms with Crippen LogP contribution in [0.25, 0.3) is 0 Å². The molecule has 1 aromatic heterocycles. The number of aliphatic hydroxyl groups excluding tert-OH is 2. The molecule has 35 heavy (non-hydrogen) atoms. The highest BCUT2D eigenvalue weighted by atomic mass is 16.3. The van der Waals surface area contributed by atoms with E-state index in [1.165, 1.54) is 52.5 Å². The number of nitrogens with zero attached hydrogens (tertiary/aromatic N) is 7. The molecule has 0 amide bonds. The van der Waals surface area contributed by atoms with Crippen molar-refractivity contribution in [3.05, 3.63) is 44.2 Å². The van der Waals surface area contributed by atoms with E-state index < -0.39 is 6.10 Å². The second-order valence-electron chi connectivity index (χ2n) is 9.65. The molecule has 3 saturated heterocycles. The molecular formula is C26H53N7O2. The number of allylic oxidation sites excluding steroid dienone is 1. The minimum absolute atomic E-state index is 0.139. The van der Waals surface area contributed by atoms with Crippen LogP contribution < -0.4 is 0 Å². The third kappa shape index (κ3) is 19.2. The molecule has 0 bridgehead atoms. The quantitative estimate of drug-likeness (QED) is 0.611. The maximum atomic E-state index is 8.11. The normalized spacial score (nSPS) is 20.2. The number of imidazole rings is 1. The van der Waals surface area contributed by atoms with Crippen LogP contribution >= 0.6 is 0 Å². The fourth-order valence-electron chi connectivity index (χ4n) is 3.38. The van der Waals surface area contributed by atoms with Gasteiger partial charge >= 0.3 is 0 Å². The molecular weight excluding hydrogens is 442 g/mol. The number of aliphatic hydroxyl groups is 2. The van der Waals surface area contributed by atoms with Crippen LogP contribution in [0.2, 0.25) is 0 Å². The fourth-order valence-corrected chi connectivity index (χ4v) is 3.38. The summed E-state index contributed by atoms with van der Waals surface area (Å²) in [6.07, 6.45) is 11.4. The molecule has 2 N–H and O–H groups in total. The van der Waals surface area contributed by atoms with E-state index in [4.69, 9.17) is 10.2 Å². The standard InChI is InChI=1S/C8H15N.C6H12N2.C5H12N2.C4H6N2.C3H8O2/c1-3-8-4-6-9(2)7-5-8;1-3-8-5-4-7(2)6-8;1-6-3-4-7(2)5-6;1-6-3-2-5-4-6;1-3(5)2-4/h3,8H,1,4-7H2,2H3;3H,1,4-6H2,2H3;3-5H2,1-2H3;2-4H,1H3;3-5H,2H2,1H3. The molecule has 204 valence electrons. The van der Waals surface area contributed by atoms with Gasteiger partial charge in [-0.2, -0.15) is 0 Å². The molecule has 4 rings (SSSR count). The van der Waals surface area contributed by atoms with Crippen molar-refractivity contribution in [1.29, 1.82) is 0 Å². The van der Waals surface area contributed by atoms with Crippen molar-refractivity contribution in [1.82, 2.24) is 34.1 Å². The fraction of sp³-hybridized carbons (Fsp3) is 0.731. The predicted octanol–water partition coefficient (Wildman–Crippen LogP) is 1.45. The number of piperidine rings is 1. The van der Waals surface area contributed by atoms with Gasteiger partial charge in [0.1, 0.15) is 0 Å². The Morgan fingerprint density at radius 3 is 1.63 bits per heavy atom. The van der Waals surface area contributed by atoms with Crippen LogP contribution in [0.5, 0.6) is 0 Å². The SMILES string of the molecule is C=CC1CCN(C)CC1.C=CN1CCN(C)C1.CC(O)CO.CN1CCN(C)C1.Cn1ccnc1. The first kappa shape index (κ1) is 33.2. The predicted molar refractivity (Wildman–Crippen MR) is 147 cm³/mol. The van der Waals surface area contributed by atoms with Gasteiger partial charge in [-0.3, -0.25) is 14.7 Å². The molecule has 0 aromatic carbocycles. The van der Waals surface area contributed by atoms with Crippen molar-refractivity contribution in [2.45, 2.75) is 25.9 Å². The van der Waals surface area contributed by atoms with Crippen molar-refractivity contribution in [3.8, 4) is 0 Å². The summed E-state index contributed by atoms with van der Waals surface area (Å²) in [5.74, 6) is 0.793. The Morgan fingerprint density at radius 2 is 1.40 bits per heavy atom. The van der Waals surface area contributed by atoms with Crippen molar-refractivity contribution < 1.29 is 10.2 Å². The summed E-state index contributed by atoms with van der Waals surface area (Å²) in [6, 6.07) is 0. The zero-order chi connectivity index (χ0) is 26.6. The maximum absolute atomic E-state index is 8.11. The Labute approximate surface area is 214 Å². The molecule has 3 aliphatic rings. The molecule has 4 heterocycles. The van der Waals surface area contributed by atoms with Crippen LogP contribution in [0.3, 0.4) is 0 Å². The minimum atomic E-state index is -0.560. The summed E-state index contributed by atoms with van der Waals surface area (Å²) < 4.78 is 1.89. The van der Waals surface area contributed by atoms with Crippen LogP contribution in [0.4, 0.5) is 0 Å². The van der Waals surface area contributed by atoms with Crippen LogP contribution in [-0.2, 0) is 7.05 Å². The number of rotatable bonds is 3. The maximum Gasteiger partial charge on any atom is 0.0943 e. The molecule has 1 aromatic rings. The second-order valence-corrected chi connectivity index (χ2v) is 9.65. The molecule has 0 saturated carbocycles. The first-order valence-electron chi connectivity index (χ1n) is 12.5. The van der Waals surface area contributed by atoms with E-state index in [1.807, 2.05) is 24.0 Å². The number of hydrogen-bond donors (Lipinski definition) is 2. The van der Waals surface area contributed by atoms with E-state index >= 15 is 0 Å². The molecule has 0 radical (unpaired) electrons. The lowest BCUT2D eigenvalue weighted by molar-refractivity contribution is 0.110. The van der Waals surface area contributed by atoms with E-state index in [-0.39, 0.29) is 6.61 Å². The van der Waals surface area contributed by atoms with E-state index in [1.54, 1.807) is 12.5 Å². The summed E-state index contributed by atoms with van der Waals surface area (Å²) in [5.41, 5.74) is 0. The summed E-state index contributed by atoms with van der Waals surface area (Å²) in [6.45, 7) is 18.3. The zero-order valence-corrected chi connectivity index (χ0v) is 23.3. The van der Waals surface area contributed by atoms with Crippen LogP contribution in [0, 0.1) is 5.92 Å². The highest BCUT2D eigenvalue weighted by Gasteiger charge is 2.12. The molecule has 0 aliphatic carbocycles. The summed E-state index contributed by atoms with van der Waals surface area (Å²) in [5, 5.41) is 16.0. The summed E-state index contributed by atoms with van der Waals surface area (Å²) >= 11 is 0. The van der Waals surface area contributed by atoms with Crippen molar-refractivity contribution in [2.24, 2.45) is 13.0 Å². The van der Waals surface area contributed by atoms with Gasteiger partial charge in [0, 0.05) is 45.6 Å². The van der Waals surface area contributed by atoms with E-state index in [0.29, 0.717) is 0 Å². The minimum Gasteiger partial charge on any atom is -0.394 e. The van der Waals surface area contributed by atoms with Gasteiger partial charge in [-0.25, -0.2) is 4.98 Å². The Hall–Kier alpha value is -1.75. The van der Waals surface area contributed by atoms with Crippen molar-refractivity contribution in [2.75, 3.05) is 87.4 Å². The molecule has 9 nitrogen and oxygen atoms in total. The second kappa shape index (κ2) is 20.4. The first-order chi connectivity index (χ1) is 16.6. The van der Waals surface area contributed by atoms with E-state index in [9.17, 15) is 0 Å². The largest absolute Gasteiger partial charge is 0.394 e. The van der Waals surface area contributed by atoms with Crippen LogP contribution in [0.15, 0.2) is 44.2 Å². The number of hydrogen-bond acceptors (Lipinski definition) is 8. The number of likely N-dealkylation sites (tertiary alicyclic amines) is 1. The number of likely N-dealkylation sites (N-methyl/N-ethyl adjacent to an activating group) is 3. The first-order valence-corrected chi connectivity index (χ1v) is 12.5. The van der Waals surface area contributed by atoms with E-state index in [0.717, 1.165) is 25.8 Å². The Bertz CT molecular complexity index is 611. The summed E-state index contributed by atoms with van der Waals surface area (Å²) in [7, 11) is 10.5. The molecule has 1 atom stereocenters. The Balaban J connectivity index is 0.000000419. The molecule has 3 aliphatic heterocycles. The van der Waals surface area contributed by atoms with Gasteiger partial charge in [0.05, 0.1) is 32.4 Å². The van der Waals surface area contributed by atoms with Gasteiger partial charge in [0.2, 0.25) is 0 Å². The van der Waals surface area contributed by atoms with Crippen LogP contribution in [0.1, 0.15) is 19.8 Å². The van der Waals surface area contributed by atoms with Gasteiger partial charge in [0.15, 0.2) is 0 Å². The topological polar surface area (TPSA) is 74.5 Å². The Kier molecular flexibility index (Phi) is 19.4.